The van der Waals surface area contributed by atoms with Crippen LogP contribution in [0.4, 0.5) is 0 Å². The lowest BCUT2D eigenvalue weighted by molar-refractivity contribution is -0.121. The van der Waals surface area contributed by atoms with Crippen molar-refractivity contribution in [2.45, 2.75) is 26.8 Å². The summed E-state index contributed by atoms with van der Waals surface area (Å²) < 4.78 is 1.62. The average molecular weight is 295 g/mol. The van der Waals surface area contributed by atoms with Gasteiger partial charge in [0, 0.05) is 63.6 Å². The van der Waals surface area contributed by atoms with E-state index in [2.05, 4.69) is 20.5 Å². The minimum absolute atomic E-state index is 0.00436. The number of carbonyl (C=O) groups excluding carboxylic acids is 1. The number of H-pyrrole nitrogens is 1. The van der Waals surface area contributed by atoms with Crippen LogP contribution in [0.1, 0.15) is 17.8 Å². The third-order valence-electron chi connectivity index (χ3n) is 4.01. The number of amides is 1. The van der Waals surface area contributed by atoms with Crippen molar-refractivity contribution in [1.29, 1.82) is 0 Å². The van der Waals surface area contributed by atoms with E-state index in [9.17, 15) is 9.59 Å². The van der Waals surface area contributed by atoms with Gasteiger partial charge in [-0.25, -0.2) is 4.79 Å². The van der Waals surface area contributed by atoms with Crippen LogP contribution in [0.5, 0.6) is 0 Å². The molecule has 1 fully saturated rings. The Bertz CT molecular complexity index is 528. The van der Waals surface area contributed by atoms with Gasteiger partial charge in [0.05, 0.1) is 0 Å². The fraction of sp³-hybridized carbons (Fsp3) is 0.714. The number of nitrogens with one attached hydrogen (secondary N) is 3. The summed E-state index contributed by atoms with van der Waals surface area (Å²) in [6, 6.07) is 0. The third kappa shape index (κ3) is 4.44. The van der Waals surface area contributed by atoms with E-state index >= 15 is 0 Å². The Labute approximate surface area is 124 Å². The summed E-state index contributed by atoms with van der Waals surface area (Å²) >= 11 is 0. The number of aryl methyl sites for hydroxylation is 1. The molecule has 1 aliphatic rings. The first-order valence-electron chi connectivity index (χ1n) is 7.53. The van der Waals surface area contributed by atoms with Crippen molar-refractivity contribution < 1.29 is 4.79 Å². The molecule has 118 valence electrons. The lowest BCUT2D eigenvalue weighted by atomic mass is 10.3. The molecule has 7 nitrogen and oxygen atoms in total. The van der Waals surface area contributed by atoms with Crippen LogP contribution in [-0.4, -0.2) is 59.6 Å². The van der Waals surface area contributed by atoms with Gasteiger partial charge in [0.2, 0.25) is 5.91 Å². The van der Waals surface area contributed by atoms with Crippen LogP contribution >= 0.6 is 0 Å². The highest BCUT2D eigenvalue weighted by Crippen LogP contribution is 2.01. The molecule has 1 amide bonds. The summed E-state index contributed by atoms with van der Waals surface area (Å²) in [6.45, 7) is 9.82. The van der Waals surface area contributed by atoms with Gasteiger partial charge < -0.3 is 15.6 Å². The number of nitrogens with zero attached hydrogens (tertiary/aromatic N) is 2. The zero-order valence-corrected chi connectivity index (χ0v) is 12.9. The smallest absolute Gasteiger partial charge is 0.325 e. The van der Waals surface area contributed by atoms with Gasteiger partial charge in [-0.15, -0.1) is 0 Å². The van der Waals surface area contributed by atoms with Gasteiger partial charge in [-0.05, 0) is 13.8 Å². The number of piperazine rings is 1. The third-order valence-corrected chi connectivity index (χ3v) is 4.01. The van der Waals surface area contributed by atoms with Gasteiger partial charge >= 0.3 is 5.69 Å². The second-order valence-corrected chi connectivity index (χ2v) is 5.48. The van der Waals surface area contributed by atoms with Crippen molar-refractivity contribution in [3.05, 3.63) is 21.9 Å². The molecule has 1 aromatic rings. The zero-order chi connectivity index (χ0) is 15.2. The first kappa shape index (κ1) is 15.8. The Hall–Kier alpha value is -1.60. The number of rotatable bonds is 6. The van der Waals surface area contributed by atoms with Crippen LogP contribution in [0, 0.1) is 13.8 Å². The molecule has 0 aromatic carbocycles. The van der Waals surface area contributed by atoms with E-state index in [1.807, 2.05) is 13.8 Å². The Kier molecular flexibility index (Phi) is 5.58. The molecule has 0 aliphatic carbocycles. The molecule has 1 aliphatic heterocycles. The van der Waals surface area contributed by atoms with Crippen molar-refractivity contribution >= 4 is 5.91 Å². The highest BCUT2D eigenvalue weighted by atomic mass is 16.2. The van der Waals surface area contributed by atoms with Gasteiger partial charge in [-0.1, -0.05) is 0 Å². The lowest BCUT2D eigenvalue weighted by Gasteiger charge is -2.27. The lowest BCUT2D eigenvalue weighted by Crippen LogP contribution is -2.46. The molecule has 3 N–H and O–H groups in total. The largest absolute Gasteiger partial charge is 0.355 e. The monoisotopic (exact) mass is 295 g/mol. The predicted octanol–water partition coefficient (Wildman–Crippen LogP) is -0.795. The van der Waals surface area contributed by atoms with Gasteiger partial charge in [0.15, 0.2) is 0 Å². The molecule has 2 heterocycles. The Morgan fingerprint density at radius 1 is 1.24 bits per heavy atom. The second-order valence-electron chi connectivity index (χ2n) is 5.48. The van der Waals surface area contributed by atoms with E-state index in [4.69, 9.17) is 0 Å². The van der Waals surface area contributed by atoms with Crippen molar-refractivity contribution in [3.8, 4) is 0 Å². The van der Waals surface area contributed by atoms with Crippen LogP contribution in [-0.2, 0) is 11.3 Å². The van der Waals surface area contributed by atoms with E-state index in [0.717, 1.165) is 44.1 Å². The van der Waals surface area contributed by atoms with Crippen molar-refractivity contribution in [1.82, 2.24) is 25.1 Å². The van der Waals surface area contributed by atoms with Crippen molar-refractivity contribution in [2.24, 2.45) is 0 Å². The van der Waals surface area contributed by atoms with Crippen molar-refractivity contribution in [3.63, 3.8) is 0 Å². The average Bonchev–Trinajstić information content (AvgIpc) is 2.71. The molecular weight excluding hydrogens is 270 g/mol. The molecule has 1 saturated heterocycles. The standard InChI is InChI=1S/C14H25N5O2/c1-11-12(2)19(14(21)17-11)7-3-13(20)16-6-10-18-8-4-15-5-9-18/h15H,3-10H2,1-2H3,(H,16,20)(H,17,21). The van der Waals surface area contributed by atoms with E-state index < -0.39 is 0 Å². The topological polar surface area (TPSA) is 82.2 Å². The number of hydrogen-bond donors (Lipinski definition) is 3. The summed E-state index contributed by atoms with van der Waals surface area (Å²) in [6.07, 6.45) is 0.333. The van der Waals surface area contributed by atoms with Gasteiger partial charge in [0.1, 0.15) is 0 Å². The minimum Gasteiger partial charge on any atom is -0.355 e. The van der Waals surface area contributed by atoms with Crippen LogP contribution in [0.3, 0.4) is 0 Å². The number of imidazole rings is 1. The van der Waals surface area contributed by atoms with Gasteiger partial charge in [-0.2, -0.15) is 0 Å². The highest BCUT2D eigenvalue weighted by Gasteiger charge is 2.11. The van der Waals surface area contributed by atoms with Gasteiger partial charge in [-0.3, -0.25) is 14.3 Å². The summed E-state index contributed by atoms with van der Waals surface area (Å²) in [4.78, 5) is 28.6. The number of hydrogen-bond acceptors (Lipinski definition) is 4. The number of aromatic nitrogens is 2. The predicted molar refractivity (Wildman–Crippen MR) is 81.5 cm³/mol. The van der Waals surface area contributed by atoms with Crippen LogP contribution in [0.2, 0.25) is 0 Å². The maximum Gasteiger partial charge on any atom is 0.325 e. The highest BCUT2D eigenvalue weighted by molar-refractivity contribution is 5.75. The minimum atomic E-state index is -0.140. The summed E-state index contributed by atoms with van der Waals surface area (Å²) in [5, 5.41) is 6.22. The molecule has 0 unspecified atom stereocenters. The maximum absolute atomic E-state index is 11.8. The normalized spacial score (nSPS) is 16.1. The molecule has 0 radical (unpaired) electrons. The fourth-order valence-electron chi connectivity index (χ4n) is 2.53. The molecular formula is C14H25N5O2. The van der Waals surface area contributed by atoms with Crippen LogP contribution in [0.25, 0.3) is 0 Å². The molecule has 0 spiro atoms. The first-order chi connectivity index (χ1) is 10.1. The first-order valence-corrected chi connectivity index (χ1v) is 7.53. The molecule has 0 bridgehead atoms. The second kappa shape index (κ2) is 7.42. The summed E-state index contributed by atoms with van der Waals surface area (Å²) in [5.74, 6) is -0.00436. The molecule has 1 aromatic heterocycles. The molecule has 0 atom stereocenters. The Morgan fingerprint density at radius 3 is 2.57 bits per heavy atom. The molecule has 21 heavy (non-hydrogen) atoms. The van der Waals surface area contributed by atoms with Crippen LogP contribution < -0.4 is 16.3 Å². The Morgan fingerprint density at radius 2 is 1.95 bits per heavy atom. The van der Waals surface area contributed by atoms with Crippen molar-refractivity contribution in [2.75, 3.05) is 39.3 Å². The Balaban J connectivity index is 1.68. The summed E-state index contributed by atoms with van der Waals surface area (Å²) in [7, 11) is 0. The summed E-state index contributed by atoms with van der Waals surface area (Å²) in [5.41, 5.74) is 1.62. The number of carbonyl (C=O) groups is 1. The van der Waals surface area contributed by atoms with E-state index in [1.54, 1.807) is 4.57 Å². The molecule has 0 saturated carbocycles. The number of aromatic amines is 1. The quantitative estimate of drug-likeness (QED) is 0.642. The molecule has 2 rings (SSSR count). The SMILES string of the molecule is Cc1[nH]c(=O)n(CCC(=O)NCCN2CCNCC2)c1C. The van der Waals surface area contributed by atoms with Gasteiger partial charge in [0.25, 0.3) is 0 Å². The van der Waals surface area contributed by atoms with Crippen LogP contribution in [0.15, 0.2) is 4.79 Å². The van der Waals surface area contributed by atoms with E-state index in [0.29, 0.717) is 19.5 Å². The zero-order valence-electron chi connectivity index (χ0n) is 12.9. The molecule has 7 heteroatoms. The fourth-order valence-corrected chi connectivity index (χ4v) is 2.53. The maximum atomic E-state index is 11.8. The van der Waals surface area contributed by atoms with E-state index in [1.165, 1.54) is 0 Å². The van der Waals surface area contributed by atoms with E-state index in [-0.39, 0.29) is 11.6 Å².